The van der Waals surface area contributed by atoms with Gasteiger partial charge in [0, 0.05) is 11.9 Å². The number of pyridine rings is 1. The molecule has 3 aromatic rings. The maximum atomic E-state index is 4.57. The maximum Gasteiger partial charge on any atom is 0.0409 e. The van der Waals surface area contributed by atoms with Crippen LogP contribution in [-0.4, -0.2) is 4.98 Å². The molecular formula is C24H27N. The Balaban J connectivity index is 1.85. The van der Waals surface area contributed by atoms with Gasteiger partial charge in [-0.05, 0) is 54.4 Å². The van der Waals surface area contributed by atoms with Gasteiger partial charge in [0.25, 0.3) is 0 Å². The molecule has 25 heavy (non-hydrogen) atoms. The van der Waals surface area contributed by atoms with Gasteiger partial charge in [0.1, 0.15) is 0 Å². The number of nitrogens with zero attached hydrogens (tertiary/aromatic N) is 1. The standard InChI is InChI=1S/C24H27N/c1-2-11-22(20-12-5-3-6-13-20)18-23(21-14-7-4-8-15-21)19-24-16-9-10-17-25-24/h3-10,12-17,22-23H,2,11,18-19H2,1H3. The van der Waals surface area contributed by atoms with E-state index in [0.29, 0.717) is 11.8 Å². The summed E-state index contributed by atoms with van der Waals surface area (Å²) in [6.07, 6.45) is 6.51. The van der Waals surface area contributed by atoms with E-state index in [9.17, 15) is 0 Å². The molecule has 0 amide bonds. The van der Waals surface area contributed by atoms with Gasteiger partial charge in [0.2, 0.25) is 0 Å². The second-order valence-corrected chi connectivity index (χ2v) is 6.76. The first kappa shape index (κ1) is 17.4. The minimum atomic E-state index is 0.493. The van der Waals surface area contributed by atoms with Crippen molar-refractivity contribution in [3.05, 3.63) is 102 Å². The van der Waals surface area contributed by atoms with Gasteiger partial charge >= 0.3 is 0 Å². The Bertz CT molecular complexity index is 722. The van der Waals surface area contributed by atoms with Crippen LogP contribution in [0.4, 0.5) is 0 Å². The van der Waals surface area contributed by atoms with Gasteiger partial charge in [-0.15, -0.1) is 0 Å². The second-order valence-electron chi connectivity index (χ2n) is 6.76. The van der Waals surface area contributed by atoms with Crippen molar-refractivity contribution in [1.82, 2.24) is 4.98 Å². The van der Waals surface area contributed by atoms with Crippen LogP contribution in [-0.2, 0) is 6.42 Å². The Morgan fingerprint density at radius 1 is 0.720 bits per heavy atom. The summed E-state index contributed by atoms with van der Waals surface area (Å²) in [5.74, 6) is 1.09. The van der Waals surface area contributed by atoms with Crippen LogP contribution in [0.2, 0.25) is 0 Å². The highest BCUT2D eigenvalue weighted by Crippen LogP contribution is 2.34. The third-order valence-corrected chi connectivity index (χ3v) is 4.93. The molecule has 0 spiro atoms. The molecular weight excluding hydrogens is 302 g/mol. The van der Waals surface area contributed by atoms with E-state index < -0.39 is 0 Å². The summed E-state index contributed by atoms with van der Waals surface area (Å²) in [7, 11) is 0. The van der Waals surface area contributed by atoms with Crippen LogP contribution >= 0.6 is 0 Å². The predicted molar refractivity (Wildman–Crippen MR) is 106 cm³/mol. The van der Waals surface area contributed by atoms with Crippen LogP contribution in [0, 0.1) is 0 Å². The zero-order valence-electron chi connectivity index (χ0n) is 15.0. The van der Waals surface area contributed by atoms with Crippen LogP contribution in [0.15, 0.2) is 85.1 Å². The van der Waals surface area contributed by atoms with Gasteiger partial charge in [-0.1, -0.05) is 80.1 Å². The molecule has 0 saturated heterocycles. The molecule has 2 atom stereocenters. The predicted octanol–water partition coefficient (Wildman–Crippen LogP) is 6.38. The quantitative estimate of drug-likeness (QED) is 0.467. The number of benzene rings is 2. The molecule has 1 aromatic heterocycles. The van der Waals surface area contributed by atoms with Gasteiger partial charge in [-0.3, -0.25) is 4.98 Å². The first-order valence-electron chi connectivity index (χ1n) is 9.36. The number of rotatable bonds is 8. The van der Waals surface area contributed by atoms with Gasteiger partial charge in [-0.2, -0.15) is 0 Å². The summed E-state index contributed by atoms with van der Waals surface area (Å²) >= 11 is 0. The van der Waals surface area contributed by atoms with E-state index >= 15 is 0 Å². The highest BCUT2D eigenvalue weighted by Gasteiger charge is 2.20. The average molecular weight is 329 g/mol. The molecule has 0 bridgehead atoms. The molecule has 1 nitrogen and oxygen atoms in total. The van der Waals surface area contributed by atoms with E-state index in [2.05, 4.69) is 84.7 Å². The molecule has 0 saturated carbocycles. The van der Waals surface area contributed by atoms with E-state index in [-0.39, 0.29) is 0 Å². The number of aromatic nitrogens is 1. The molecule has 0 N–H and O–H groups in total. The first-order valence-corrected chi connectivity index (χ1v) is 9.36. The van der Waals surface area contributed by atoms with Crippen molar-refractivity contribution in [1.29, 1.82) is 0 Å². The lowest BCUT2D eigenvalue weighted by atomic mass is 9.81. The zero-order valence-corrected chi connectivity index (χ0v) is 15.0. The Morgan fingerprint density at radius 3 is 1.88 bits per heavy atom. The van der Waals surface area contributed by atoms with Crippen LogP contribution in [0.5, 0.6) is 0 Å². The van der Waals surface area contributed by atoms with E-state index in [1.54, 1.807) is 0 Å². The smallest absolute Gasteiger partial charge is 0.0409 e. The molecule has 1 heterocycles. The molecule has 0 aliphatic carbocycles. The summed E-state index contributed by atoms with van der Waals surface area (Å²) in [6, 6.07) is 28.1. The molecule has 0 fully saturated rings. The molecule has 2 aromatic carbocycles. The zero-order chi connectivity index (χ0) is 17.3. The fourth-order valence-electron chi connectivity index (χ4n) is 3.67. The highest BCUT2D eigenvalue weighted by atomic mass is 14.7. The minimum absolute atomic E-state index is 0.493. The summed E-state index contributed by atoms with van der Waals surface area (Å²) in [5, 5.41) is 0. The Morgan fingerprint density at radius 2 is 1.32 bits per heavy atom. The van der Waals surface area contributed by atoms with Crippen molar-refractivity contribution in [3.8, 4) is 0 Å². The number of hydrogen-bond acceptors (Lipinski definition) is 1. The SMILES string of the molecule is CCCC(CC(Cc1ccccn1)c1ccccc1)c1ccccc1. The van der Waals surface area contributed by atoms with Gasteiger partial charge in [-0.25, -0.2) is 0 Å². The third-order valence-electron chi connectivity index (χ3n) is 4.93. The van der Waals surface area contributed by atoms with Crippen molar-refractivity contribution in [2.24, 2.45) is 0 Å². The molecule has 3 rings (SSSR count). The molecule has 128 valence electrons. The summed E-state index contributed by atoms with van der Waals surface area (Å²) in [5.41, 5.74) is 4.07. The fraction of sp³-hybridized carbons (Fsp3) is 0.292. The monoisotopic (exact) mass is 329 g/mol. The van der Waals surface area contributed by atoms with Gasteiger partial charge in [0.15, 0.2) is 0 Å². The third kappa shape index (κ3) is 5.03. The van der Waals surface area contributed by atoms with Crippen molar-refractivity contribution < 1.29 is 0 Å². The first-order chi connectivity index (χ1) is 12.4. The highest BCUT2D eigenvalue weighted by molar-refractivity contribution is 5.25. The molecule has 0 aliphatic heterocycles. The van der Waals surface area contributed by atoms with E-state index in [0.717, 1.165) is 6.42 Å². The lowest BCUT2D eigenvalue weighted by molar-refractivity contribution is 0.494. The summed E-state index contributed by atoms with van der Waals surface area (Å²) in [4.78, 5) is 4.57. The van der Waals surface area contributed by atoms with Crippen LogP contribution in [0.3, 0.4) is 0 Å². The van der Waals surface area contributed by atoms with Crippen molar-refractivity contribution in [3.63, 3.8) is 0 Å². The van der Waals surface area contributed by atoms with Gasteiger partial charge in [0.05, 0.1) is 0 Å². The molecule has 0 aliphatic rings. The second kappa shape index (κ2) is 9.17. The van der Waals surface area contributed by atoms with Crippen LogP contribution in [0.1, 0.15) is 54.8 Å². The van der Waals surface area contributed by atoms with Crippen LogP contribution in [0.25, 0.3) is 0 Å². The van der Waals surface area contributed by atoms with E-state index in [1.165, 1.54) is 36.1 Å². The lowest BCUT2D eigenvalue weighted by Crippen LogP contribution is -2.10. The molecule has 2 unspecified atom stereocenters. The van der Waals surface area contributed by atoms with Crippen molar-refractivity contribution >= 4 is 0 Å². The Hall–Kier alpha value is -2.41. The van der Waals surface area contributed by atoms with Crippen LogP contribution < -0.4 is 0 Å². The fourth-order valence-corrected chi connectivity index (χ4v) is 3.67. The Kier molecular flexibility index (Phi) is 6.39. The van der Waals surface area contributed by atoms with E-state index in [1.807, 2.05) is 12.3 Å². The molecule has 1 heteroatoms. The summed E-state index contributed by atoms with van der Waals surface area (Å²) in [6.45, 7) is 2.28. The maximum absolute atomic E-state index is 4.57. The van der Waals surface area contributed by atoms with E-state index in [4.69, 9.17) is 0 Å². The Labute approximate surface area is 151 Å². The minimum Gasteiger partial charge on any atom is -0.261 e. The van der Waals surface area contributed by atoms with Crippen molar-refractivity contribution in [2.75, 3.05) is 0 Å². The lowest BCUT2D eigenvalue weighted by Gasteiger charge is -2.24. The van der Waals surface area contributed by atoms with Gasteiger partial charge < -0.3 is 0 Å². The number of hydrogen-bond donors (Lipinski definition) is 0. The average Bonchev–Trinajstić information content (AvgIpc) is 2.69. The normalized spacial score (nSPS) is 13.3. The topological polar surface area (TPSA) is 12.9 Å². The molecule has 0 radical (unpaired) electrons. The van der Waals surface area contributed by atoms with Crippen molar-refractivity contribution in [2.45, 2.75) is 44.4 Å². The summed E-state index contributed by atoms with van der Waals surface area (Å²) < 4.78 is 0. The largest absolute Gasteiger partial charge is 0.261 e.